The Morgan fingerprint density at radius 1 is 1.19 bits per heavy atom. The Labute approximate surface area is 124 Å². The van der Waals surface area contributed by atoms with Crippen molar-refractivity contribution < 1.29 is 9.53 Å². The second kappa shape index (κ2) is 7.85. The van der Waals surface area contributed by atoms with Gasteiger partial charge in [0.15, 0.2) is 0 Å². The largest absolute Gasteiger partial charge is 0.492 e. The molecule has 0 atom stereocenters. The van der Waals surface area contributed by atoms with E-state index in [4.69, 9.17) is 4.74 Å². The molecule has 1 heterocycles. The molecule has 4 heteroatoms. The maximum absolute atomic E-state index is 10.2. The van der Waals surface area contributed by atoms with Crippen LogP contribution in [0.4, 0.5) is 5.82 Å². The molecule has 0 unspecified atom stereocenters. The van der Waals surface area contributed by atoms with Gasteiger partial charge in [-0.3, -0.25) is 4.79 Å². The number of pyridine rings is 1. The zero-order valence-electron chi connectivity index (χ0n) is 12.0. The van der Waals surface area contributed by atoms with E-state index < -0.39 is 0 Å². The number of rotatable bonds is 7. The van der Waals surface area contributed by atoms with Crippen LogP contribution in [0.3, 0.4) is 0 Å². The maximum atomic E-state index is 10.2. The Balaban J connectivity index is 1.80. The standard InChI is InChI=1S/C17H18N2O2/c1-19(17-6-2-3-11-18-17)12-14-21-16-9-7-15(8-10-16)5-4-13-20/h2-11,13H,12,14H2,1H3/b5-4+. The van der Waals surface area contributed by atoms with Crippen molar-refractivity contribution in [3.63, 3.8) is 0 Å². The summed E-state index contributed by atoms with van der Waals surface area (Å²) in [5.74, 6) is 1.74. The van der Waals surface area contributed by atoms with E-state index >= 15 is 0 Å². The molecular weight excluding hydrogens is 264 g/mol. The molecule has 0 spiro atoms. The third kappa shape index (κ3) is 4.76. The first-order chi connectivity index (χ1) is 10.3. The van der Waals surface area contributed by atoms with Gasteiger partial charge in [0.05, 0.1) is 6.54 Å². The fourth-order valence-electron chi connectivity index (χ4n) is 1.82. The van der Waals surface area contributed by atoms with Crippen LogP contribution in [0.2, 0.25) is 0 Å². The monoisotopic (exact) mass is 282 g/mol. The van der Waals surface area contributed by atoms with Gasteiger partial charge in [-0.15, -0.1) is 0 Å². The van der Waals surface area contributed by atoms with Crippen LogP contribution in [-0.2, 0) is 4.79 Å². The SMILES string of the molecule is CN(CCOc1ccc(/C=C/C=O)cc1)c1ccccn1. The number of likely N-dealkylation sites (N-methyl/N-ethyl adjacent to an activating group) is 1. The molecule has 0 bridgehead atoms. The van der Waals surface area contributed by atoms with E-state index in [1.165, 1.54) is 6.08 Å². The van der Waals surface area contributed by atoms with Crippen LogP contribution in [0, 0.1) is 0 Å². The fourth-order valence-corrected chi connectivity index (χ4v) is 1.82. The van der Waals surface area contributed by atoms with E-state index in [1.807, 2.05) is 54.4 Å². The van der Waals surface area contributed by atoms with Crippen molar-refractivity contribution in [1.29, 1.82) is 0 Å². The van der Waals surface area contributed by atoms with Gasteiger partial charge in [0.1, 0.15) is 24.5 Å². The van der Waals surface area contributed by atoms with Crippen LogP contribution in [-0.4, -0.2) is 31.5 Å². The van der Waals surface area contributed by atoms with Crippen molar-refractivity contribution in [3.8, 4) is 5.75 Å². The Morgan fingerprint density at radius 3 is 2.67 bits per heavy atom. The van der Waals surface area contributed by atoms with Crippen LogP contribution in [0.15, 0.2) is 54.7 Å². The van der Waals surface area contributed by atoms with E-state index in [2.05, 4.69) is 4.98 Å². The van der Waals surface area contributed by atoms with Crippen LogP contribution in [0.25, 0.3) is 6.08 Å². The van der Waals surface area contributed by atoms with Gasteiger partial charge in [-0.2, -0.15) is 0 Å². The van der Waals surface area contributed by atoms with E-state index in [9.17, 15) is 4.79 Å². The first-order valence-corrected chi connectivity index (χ1v) is 6.76. The van der Waals surface area contributed by atoms with Crippen molar-refractivity contribution in [3.05, 3.63) is 60.3 Å². The highest BCUT2D eigenvalue weighted by molar-refractivity contribution is 5.73. The minimum absolute atomic E-state index is 0.580. The predicted octanol–water partition coefficient (Wildman–Crippen LogP) is 2.81. The lowest BCUT2D eigenvalue weighted by molar-refractivity contribution is -0.104. The van der Waals surface area contributed by atoms with Crippen molar-refractivity contribution in [2.75, 3.05) is 25.1 Å². The summed E-state index contributed by atoms with van der Waals surface area (Å²) in [6, 6.07) is 13.4. The topological polar surface area (TPSA) is 42.4 Å². The summed E-state index contributed by atoms with van der Waals surface area (Å²) in [5.41, 5.74) is 0.972. The maximum Gasteiger partial charge on any atom is 0.142 e. The zero-order valence-corrected chi connectivity index (χ0v) is 12.0. The van der Waals surface area contributed by atoms with Gasteiger partial charge in [-0.05, 0) is 35.9 Å². The lowest BCUT2D eigenvalue weighted by Crippen LogP contribution is -2.24. The molecular formula is C17H18N2O2. The number of anilines is 1. The van der Waals surface area contributed by atoms with E-state index in [0.717, 1.165) is 30.0 Å². The van der Waals surface area contributed by atoms with Crippen LogP contribution >= 0.6 is 0 Å². The number of nitrogens with zero attached hydrogens (tertiary/aromatic N) is 2. The smallest absolute Gasteiger partial charge is 0.142 e. The first-order valence-electron chi connectivity index (χ1n) is 6.76. The van der Waals surface area contributed by atoms with Gasteiger partial charge < -0.3 is 9.64 Å². The average Bonchev–Trinajstić information content (AvgIpc) is 2.55. The molecule has 0 amide bonds. The number of carbonyl (C=O) groups is 1. The summed E-state index contributed by atoms with van der Waals surface area (Å²) < 4.78 is 5.69. The number of aromatic nitrogens is 1. The van der Waals surface area contributed by atoms with Gasteiger partial charge in [0.2, 0.25) is 0 Å². The highest BCUT2D eigenvalue weighted by Crippen LogP contribution is 2.13. The number of benzene rings is 1. The zero-order chi connectivity index (χ0) is 14.9. The number of ether oxygens (including phenoxy) is 1. The molecule has 4 nitrogen and oxygen atoms in total. The number of allylic oxidation sites excluding steroid dienone is 1. The lowest BCUT2D eigenvalue weighted by atomic mass is 10.2. The van der Waals surface area contributed by atoms with Crippen molar-refractivity contribution >= 4 is 18.2 Å². The molecule has 0 fully saturated rings. The van der Waals surface area contributed by atoms with Crippen molar-refractivity contribution in [1.82, 2.24) is 4.98 Å². The van der Waals surface area contributed by atoms with Crippen LogP contribution in [0.5, 0.6) is 5.75 Å². The summed E-state index contributed by atoms with van der Waals surface area (Å²) in [4.78, 5) is 16.6. The number of aldehydes is 1. The van der Waals surface area contributed by atoms with E-state index in [1.54, 1.807) is 12.3 Å². The molecule has 1 aromatic heterocycles. The molecule has 2 aromatic rings. The summed E-state index contributed by atoms with van der Waals surface area (Å²) in [5, 5.41) is 0. The number of hydrogen-bond donors (Lipinski definition) is 0. The van der Waals surface area contributed by atoms with Crippen molar-refractivity contribution in [2.24, 2.45) is 0 Å². The highest BCUT2D eigenvalue weighted by atomic mass is 16.5. The molecule has 0 aliphatic rings. The molecule has 0 saturated heterocycles. The second-order valence-electron chi connectivity index (χ2n) is 4.52. The van der Waals surface area contributed by atoms with E-state index in [0.29, 0.717) is 6.61 Å². The Hall–Kier alpha value is -2.62. The third-order valence-electron chi connectivity index (χ3n) is 2.98. The van der Waals surface area contributed by atoms with Gasteiger partial charge in [0.25, 0.3) is 0 Å². The minimum atomic E-state index is 0.580. The Kier molecular flexibility index (Phi) is 5.52. The van der Waals surface area contributed by atoms with Gasteiger partial charge in [-0.1, -0.05) is 24.3 Å². The highest BCUT2D eigenvalue weighted by Gasteiger charge is 2.01. The van der Waals surface area contributed by atoms with Crippen LogP contribution in [0.1, 0.15) is 5.56 Å². The predicted molar refractivity (Wildman–Crippen MR) is 84.5 cm³/mol. The average molecular weight is 282 g/mol. The fraction of sp³-hybridized carbons (Fsp3) is 0.176. The molecule has 0 radical (unpaired) electrons. The number of hydrogen-bond acceptors (Lipinski definition) is 4. The molecule has 0 saturated carbocycles. The molecule has 0 N–H and O–H groups in total. The summed E-state index contributed by atoms with van der Waals surface area (Å²) in [6.07, 6.45) is 5.76. The van der Waals surface area contributed by atoms with Crippen molar-refractivity contribution in [2.45, 2.75) is 0 Å². The third-order valence-corrected chi connectivity index (χ3v) is 2.98. The quantitative estimate of drug-likeness (QED) is 0.578. The molecule has 0 aliphatic carbocycles. The second-order valence-corrected chi connectivity index (χ2v) is 4.52. The van der Waals surface area contributed by atoms with E-state index in [-0.39, 0.29) is 0 Å². The minimum Gasteiger partial charge on any atom is -0.492 e. The normalized spacial score (nSPS) is 10.5. The molecule has 21 heavy (non-hydrogen) atoms. The van der Waals surface area contributed by atoms with Gasteiger partial charge in [-0.25, -0.2) is 4.98 Å². The molecule has 2 rings (SSSR count). The molecule has 0 aliphatic heterocycles. The Bertz CT molecular complexity index is 579. The summed E-state index contributed by atoms with van der Waals surface area (Å²) >= 11 is 0. The van der Waals surface area contributed by atoms with Gasteiger partial charge in [0, 0.05) is 13.2 Å². The lowest BCUT2D eigenvalue weighted by Gasteiger charge is -2.18. The first kappa shape index (κ1) is 14.8. The number of carbonyl (C=O) groups excluding carboxylic acids is 1. The molecule has 108 valence electrons. The molecule has 1 aromatic carbocycles. The van der Waals surface area contributed by atoms with Gasteiger partial charge >= 0.3 is 0 Å². The summed E-state index contributed by atoms with van der Waals surface area (Å²) in [7, 11) is 1.99. The summed E-state index contributed by atoms with van der Waals surface area (Å²) in [6.45, 7) is 1.33. The Morgan fingerprint density at radius 2 is 2.00 bits per heavy atom. The van der Waals surface area contributed by atoms with Crippen LogP contribution < -0.4 is 9.64 Å².